The van der Waals surface area contributed by atoms with Crippen LogP contribution in [0.4, 0.5) is 8.78 Å². The van der Waals surface area contributed by atoms with Gasteiger partial charge in [0, 0.05) is 34.8 Å². The third-order valence-electron chi connectivity index (χ3n) is 7.57. The lowest BCUT2D eigenvalue weighted by Crippen LogP contribution is -2.49. The molecule has 9 heteroatoms. The van der Waals surface area contributed by atoms with Gasteiger partial charge in [0.1, 0.15) is 17.2 Å². The Balaban J connectivity index is 1.71. The molecule has 196 valence electrons. The Bertz CT molecular complexity index is 1280. The average molecular weight is 531 g/mol. The Morgan fingerprint density at radius 2 is 2.11 bits per heavy atom. The SMILES string of the molecule is CC1(OCCO)C=CC(C(N)=O)=C(c2c(Cl)c(F)cc3c2C[C@](c2ccccc2)([C@@H]2CCCN2)O3)C1F. The van der Waals surface area contributed by atoms with Crippen molar-refractivity contribution < 1.29 is 28.2 Å². The van der Waals surface area contributed by atoms with Crippen molar-refractivity contribution in [3.8, 4) is 5.75 Å². The van der Waals surface area contributed by atoms with E-state index in [0.717, 1.165) is 24.9 Å². The third kappa shape index (κ3) is 4.26. The lowest BCUT2D eigenvalue weighted by Gasteiger charge is -2.36. The van der Waals surface area contributed by atoms with Gasteiger partial charge in [0.15, 0.2) is 11.8 Å². The fourth-order valence-electron chi connectivity index (χ4n) is 5.75. The molecule has 4 atom stereocenters. The van der Waals surface area contributed by atoms with Crippen LogP contribution in [0.15, 0.2) is 54.1 Å². The summed E-state index contributed by atoms with van der Waals surface area (Å²) in [5.74, 6) is -1.43. The van der Waals surface area contributed by atoms with Gasteiger partial charge in [-0.05, 0) is 37.9 Å². The van der Waals surface area contributed by atoms with E-state index in [4.69, 9.17) is 26.8 Å². The van der Waals surface area contributed by atoms with Gasteiger partial charge >= 0.3 is 0 Å². The highest BCUT2D eigenvalue weighted by Crippen LogP contribution is 2.52. The number of benzene rings is 2. The molecule has 6 nitrogen and oxygen atoms in total. The van der Waals surface area contributed by atoms with Crippen LogP contribution in [0.1, 0.15) is 36.5 Å². The van der Waals surface area contributed by atoms with Gasteiger partial charge < -0.3 is 25.6 Å². The molecule has 2 aliphatic heterocycles. The van der Waals surface area contributed by atoms with Crippen LogP contribution in [-0.4, -0.2) is 48.6 Å². The molecule has 4 N–H and O–H groups in total. The second-order valence-electron chi connectivity index (χ2n) is 9.85. The van der Waals surface area contributed by atoms with Crippen molar-refractivity contribution in [2.75, 3.05) is 19.8 Å². The number of ether oxygens (including phenoxy) is 2. The summed E-state index contributed by atoms with van der Waals surface area (Å²) in [6.07, 6.45) is 2.90. The van der Waals surface area contributed by atoms with Crippen LogP contribution in [-0.2, 0) is 21.6 Å². The van der Waals surface area contributed by atoms with Crippen LogP contribution in [0.25, 0.3) is 5.57 Å². The van der Waals surface area contributed by atoms with Crippen LogP contribution in [0.5, 0.6) is 5.75 Å². The summed E-state index contributed by atoms with van der Waals surface area (Å²) in [5, 5.41) is 12.4. The van der Waals surface area contributed by atoms with Crippen molar-refractivity contribution in [2.24, 2.45) is 5.73 Å². The molecule has 5 rings (SSSR count). The minimum atomic E-state index is -1.92. The highest BCUT2D eigenvalue weighted by Gasteiger charge is 2.51. The average Bonchev–Trinajstić information content (AvgIpc) is 3.55. The smallest absolute Gasteiger partial charge is 0.249 e. The number of primary amides is 1. The van der Waals surface area contributed by atoms with Crippen molar-refractivity contribution in [3.63, 3.8) is 0 Å². The van der Waals surface area contributed by atoms with Gasteiger partial charge in [0.25, 0.3) is 0 Å². The molecule has 2 aromatic carbocycles. The first-order valence-corrected chi connectivity index (χ1v) is 12.7. The molecular weight excluding hydrogens is 502 g/mol. The van der Waals surface area contributed by atoms with Crippen LogP contribution in [0.3, 0.4) is 0 Å². The van der Waals surface area contributed by atoms with E-state index in [1.807, 2.05) is 30.3 Å². The number of halogens is 3. The number of carbonyl (C=O) groups excluding carboxylic acids is 1. The fraction of sp³-hybridized carbons (Fsp3) is 0.393. The highest BCUT2D eigenvalue weighted by molar-refractivity contribution is 6.33. The largest absolute Gasteiger partial charge is 0.480 e. The molecular formula is C28H29ClF2N2O4. The number of nitrogens with two attached hydrogens (primary N) is 1. The van der Waals surface area contributed by atoms with E-state index >= 15 is 8.78 Å². The Labute approximate surface area is 219 Å². The molecule has 0 bridgehead atoms. The number of hydrogen-bond donors (Lipinski definition) is 3. The van der Waals surface area contributed by atoms with E-state index in [2.05, 4.69) is 5.32 Å². The van der Waals surface area contributed by atoms with Crippen LogP contribution < -0.4 is 15.8 Å². The van der Waals surface area contributed by atoms with Gasteiger partial charge in [-0.1, -0.05) is 48.0 Å². The highest BCUT2D eigenvalue weighted by atomic mass is 35.5. The zero-order valence-corrected chi connectivity index (χ0v) is 21.2. The molecule has 37 heavy (non-hydrogen) atoms. The quantitative estimate of drug-likeness (QED) is 0.503. The summed E-state index contributed by atoms with van der Waals surface area (Å²) in [4.78, 5) is 12.5. The number of alkyl halides is 1. The van der Waals surface area contributed by atoms with Crippen molar-refractivity contribution in [3.05, 3.63) is 81.7 Å². The van der Waals surface area contributed by atoms with Crippen LogP contribution in [0.2, 0.25) is 5.02 Å². The first-order valence-electron chi connectivity index (χ1n) is 12.3. The molecule has 0 spiro atoms. The number of hydrogen-bond acceptors (Lipinski definition) is 5. The lowest BCUT2D eigenvalue weighted by molar-refractivity contribution is -0.114. The number of rotatable bonds is 7. The van der Waals surface area contributed by atoms with Crippen molar-refractivity contribution >= 4 is 23.1 Å². The third-order valence-corrected chi connectivity index (χ3v) is 7.94. The second-order valence-corrected chi connectivity index (χ2v) is 10.2. The van der Waals surface area contributed by atoms with Crippen molar-refractivity contribution in [1.29, 1.82) is 0 Å². The number of carbonyl (C=O) groups is 1. The molecule has 1 fully saturated rings. The van der Waals surface area contributed by atoms with E-state index in [0.29, 0.717) is 5.56 Å². The van der Waals surface area contributed by atoms with E-state index in [1.54, 1.807) is 0 Å². The normalized spacial score (nSPS) is 28.9. The molecule has 2 aromatic rings. The summed E-state index contributed by atoms with van der Waals surface area (Å²) in [6.45, 7) is 1.84. The summed E-state index contributed by atoms with van der Waals surface area (Å²) >= 11 is 6.54. The number of fused-ring (bicyclic) bond motifs is 1. The van der Waals surface area contributed by atoms with Gasteiger partial charge in [-0.15, -0.1) is 0 Å². The first-order chi connectivity index (χ1) is 17.7. The maximum absolute atomic E-state index is 16.4. The Morgan fingerprint density at radius 3 is 2.76 bits per heavy atom. The van der Waals surface area contributed by atoms with Gasteiger partial charge in [-0.2, -0.15) is 0 Å². The molecule has 3 aliphatic rings. The van der Waals surface area contributed by atoms with Crippen LogP contribution >= 0.6 is 11.6 Å². The predicted molar refractivity (Wildman–Crippen MR) is 136 cm³/mol. The summed E-state index contributed by atoms with van der Waals surface area (Å²) in [5.41, 5.74) is 4.41. The Hall–Kier alpha value is -2.78. The fourth-order valence-corrected chi connectivity index (χ4v) is 6.02. The molecule has 0 saturated carbocycles. The second kappa shape index (κ2) is 9.83. The number of aliphatic hydroxyl groups excluding tert-OH is 1. The Kier molecular flexibility index (Phi) is 6.87. The minimum absolute atomic E-state index is 0.0527. The van der Waals surface area contributed by atoms with Gasteiger partial charge in [-0.25, -0.2) is 8.78 Å². The minimum Gasteiger partial charge on any atom is -0.480 e. The zero-order chi connectivity index (χ0) is 26.4. The monoisotopic (exact) mass is 530 g/mol. The van der Waals surface area contributed by atoms with Crippen molar-refractivity contribution in [1.82, 2.24) is 5.32 Å². The number of amides is 1. The topological polar surface area (TPSA) is 93.8 Å². The van der Waals surface area contributed by atoms with E-state index in [-0.39, 0.29) is 53.2 Å². The predicted octanol–water partition coefficient (Wildman–Crippen LogP) is 3.98. The number of aliphatic hydroxyl groups is 1. The standard InChI is InChI=1S/C28H29ClF2N2O4/c1-27(36-13-12-34)10-9-17(26(32)35)23(25(27)31)22-18-15-28(21-8-5-11-33-21,16-6-3-2-4-7-16)37-20(18)14-19(30)24(22)29/h2-4,6-7,9-10,14,21,25,33-34H,5,8,11-13,15H2,1H3,(H2,32,35)/t21-,25?,27?,28-/m0/s1. The Morgan fingerprint density at radius 1 is 1.35 bits per heavy atom. The first kappa shape index (κ1) is 25.9. The maximum Gasteiger partial charge on any atom is 0.249 e. The van der Waals surface area contributed by atoms with Crippen LogP contribution in [0, 0.1) is 5.82 Å². The van der Waals surface area contributed by atoms with Gasteiger partial charge in [0.05, 0.1) is 24.3 Å². The van der Waals surface area contributed by atoms with E-state index in [1.165, 1.54) is 25.1 Å². The van der Waals surface area contributed by atoms with Gasteiger partial charge in [-0.3, -0.25) is 4.79 Å². The lowest BCUT2D eigenvalue weighted by atomic mass is 9.77. The molecule has 0 radical (unpaired) electrons. The molecule has 2 heterocycles. The van der Waals surface area contributed by atoms with E-state index < -0.39 is 29.1 Å². The maximum atomic E-state index is 16.4. The summed E-state index contributed by atoms with van der Waals surface area (Å²) < 4.78 is 43.8. The van der Waals surface area contributed by atoms with Crippen molar-refractivity contribution in [2.45, 2.75) is 49.6 Å². The molecule has 1 amide bonds. The molecule has 1 saturated heterocycles. The van der Waals surface area contributed by atoms with E-state index in [9.17, 15) is 9.90 Å². The molecule has 2 unspecified atom stereocenters. The molecule has 0 aromatic heterocycles. The summed E-state index contributed by atoms with van der Waals surface area (Å²) in [7, 11) is 0. The van der Waals surface area contributed by atoms with Gasteiger partial charge in [0.2, 0.25) is 5.91 Å². The zero-order valence-electron chi connectivity index (χ0n) is 20.4. The number of nitrogens with one attached hydrogen (secondary N) is 1. The molecule has 1 aliphatic carbocycles. The summed E-state index contributed by atoms with van der Waals surface area (Å²) in [6, 6.07) is 10.8.